The molecule has 6 aromatic heterocycles. The fourth-order valence-corrected chi connectivity index (χ4v) is 21.8. The Morgan fingerprint density at radius 1 is 0.353 bits per heavy atom. The number of hydrogen-bond donors (Lipinski definition) is 0. The Labute approximate surface area is 691 Å². The molecule has 0 N–H and O–H groups in total. The lowest BCUT2D eigenvalue weighted by Gasteiger charge is -2.43. The average Bonchev–Trinajstić information content (AvgIpc) is 1.53. The summed E-state index contributed by atoms with van der Waals surface area (Å²) < 4.78 is 22.0. The molecule has 0 radical (unpaired) electrons. The van der Waals surface area contributed by atoms with Gasteiger partial charge in [0.05, 0.1) is 11.1 Å². The highest BCUT2D eigenvalue weighted by Crippen LogP contribution is 2.56. The molecule has 0 amide bonds. The van der Waals surface area contributed by atoms with Gasteiger partial charge in [-0.05, 0) is 287 Å². The van der Waals surface area contributed by atoms with Crippen LogP contribution in [0.2, 0.25) is 0 Å². The van der Waals surface area contributed by atoms with Crippen molar-refractivity contribution in [1.29, 1.82) is 0 Å². The summed E-state index contributed by atoms with van der Waals surface area (Å²) in [5.74, 6) is 6.55. The maximum Gasteiger partial charge on any atom is 0.216 e. The zero-order chi connectivity index (χ0) is 80.3. The lowest BCUT2D eigenvalue weighted by molar-refractivity contribution is -0.660. The lowest BCUT2D eigenvalue weighted by Crippen LogP contribution is -2.34. The molecule has 4 unspecified atom stereocenters. The van der Waals surface area contributed by atoms with Gasteiger partial charge in [0.1, 0.15) is 50.5 Å². The first-order valence-electron chi connectivity index (χ1n) is 44.2. The first kappa shape index (κ1) is 78.5. The van der Waals surface area contributed by atoms with Gasteiger partial charge in [-0.15, -0.1) is 0 Å². The van der Waals surface area contributed by atoms with E-state index in [0.717, 1.165) is 57.8 Å². The molecule has 116 heavy (non-hydrogen) atoms. The van der Waals surface area contributed by atoms with Crippen LogP contribution in [0.5, 0.6) is 0 Å². The molecular weight excluding hydrogens is 1410 g/mol. The van der Waals surface area contributed by atoms with E-state index in [-0.39, 0.29) is 0 Å². The molecule has 14 aromatic rings. The fourth-order valence-electron chi connectivity index (χ4n) is 21.8. The van der Waals surface area contributed by atoms with Crippen molar-refractivity contribution in [3.05, 3.63) is 287 Å². The molecule has 6 heteroatoms. The van der Waals surface area contributed by atoms with Gasteiger partial charge >= 0.3 is 0 Å². The van der Waals surface area contributed by atoms with Gasteiger partial charge in [-0.1, -0.05) is 193 Å². The highest BCUT2D eigenvalue weighted by atomic mass is 16.3. The van der Waals surface area contributed by atoms with Gasteiger partial charge < -0.3 is 8.83 Å². The van der Waals surface area contributed by atoms with Crippen LogP contribution >= 0.6 is 0 Å². The standard InChI is InChI=1S/C29H34NO.C28H32NO.C27H30N.C26H28N/c1-19-6-8-23-24-9-7-20(2)27(28(24)31-26(23)16-19)25-18-22(12-15-30(25)5)17-21-10-13-29(3,4)14-11-21;1-18-6-8-22-23-9-7-19(2)26(27(23)30-25(22)16-18)24-17-21(12-15-29(24)5)20-10-13-28(3,4)14-11-20;1-19-8-6-7-11-23(19)27-17-25(24-16-20-12-14-22(24)15-13-20)26(18-28(27)2)21-9-4-3-5-10-21;1-18-8-6-7-11-22(18)26-16-24(23-15-19-12-13-21(23)14-19)25(17-27(26)2)20-9-4-3-5-10-20/h6-9,12,15-16,18,21H,10-11,13-14,17H2,1-5H3;6-9,12,15-17,20H,10-11,13-14H2,1-5H3;3-11,17-18,20,22,24H,12-16H2,1-2H3;3-11,16-17,19,21,23H,12-15H2,1-2H3/q4*+1. The Morgan fingerprint density at radius 3 is 1.27 bits per heavy atom. The van der Waals surface area contributed by atoms with E-state index < -0.39 is 0 Å². The Kier molecular flexibility index (Phi) is 22.2. The number of nitrogens with zero attached hydrogens (tertiary/aromatic N) is 4. The molecule has 0 aliphatic heterocycles. The molecule has 7 fully saturated rings. The summed E-state index contributed by atoms with van der Waals surface area (Å²) in [6.07, 6.45) is 33.8. The second-order valence-electron chi connectivity index (χ2n) is 38.3. The van der Waals surface area contributed by atoms with Crippen LogP contribution in [0.1, 0.15) is 210 Å². The number of fused-ring (bicyclic) bond motifs is 11. The van der Waals surface area contributed by atoms with Gasteiger partial charge in [-0.2, -0.15) is 0 Å². The second-order valence-corrected chi connectivity index (χ2v) is 38.3. The number of aryl methyl sites for hydroxylation is 10. The largest absolute Gasteiger partial charge is 0.455 e. The Hall–Kier alpha value is -10.0. The fraction of sp³-hybridized carbons (Fsp3) is 0.382. The molecule has 7 saturated carbocycles. The summed E-state index contributed by atoms with van der Waals surface area (Å²) in [6.45, 7) is 22.7. The maximum atomic E-state index is 6.45. The minimum absolute atomic E-state index is 0.493. The number of hydrogen-bond acceptors (Lipinski definition) is 2. The molecule has 8 aromatic carbocycles. The molecule has 4 atom stereocenters. The van der Waals surface area contributed by atoms with E-state index in [1.807, 2.05) is 0 Å². The highest BCUT2D eigenvalue weighted by molar-refractivity contribution is 6.11. The van der Waals surface area contributed by atoms with Crippen molar-refractivity contribution in [2.75, 3.05) is 0 Å². The van der Waals surface area contributed by atoms with Gasteiger partial charge in [-0.25, -0.2) is 18.3 Å². The third-order valence-corrected chi connectivity index (χ3v) is 28.9. The summed E-state index contributed by atoms with van der Waals surface area (Å²) >= 11 is 0. The van der Waals surface area contributed by atoms with Crippen molar-refractivity contribution >= 4 is 43.9 Å². The monoisotopic (exact) mass is 1530 g/mol. The summed E-state index contributed by atoms with van der Waals surface area (Å²) in [4.78, 5) is 0. The molecule has 6 heterocycles. The predicted molar refractivity (Wildman–Crippen MR) is 481 cm³/mol. The maximum absolute atomic E-state index is 6.45. The number of pyridine rings is 4. The molecule has 592 valence electrons. The number of rotatable bonds is 11. The van der Waals surface area contributed by atoms with Crippen LogP contribution in [0.3, 0.4) is 0 Å². The summed E-state index contributed by atoms with van der Waals surface area (Å²) in [5.41, 5.74) is 34.6. The first-order valence-corrected chi connectivity index (χ1v) is 44.2. The van der Waals surface area contributed by atoms with Crippen molar-refractivity contribution in [3.63, 3.8) is 0 Å². The minimum atomic E-state index is 0.493. The predicted octanol–water partition coefficient (Wildman–Crippen LogP) is 27.3. The van der Waals surface area contributed by atoms with E-state index in [9.17, 15) is 0 Å². The van der Waals surface area contributed by atoms with Crippen LogP contribution in [0.15, 0.2) is 240 Å². The zero-order valence-electron chi connectivity index (χ0n) is 71.9. The van der Waals surface area contributed by atoms with Crippen LogP contribution in [-0.2, 0) is 34.6 Å². The van der Waals surface area contributed by atoms with Crippen LogP contribution in [-0.4, -0.2) is 0 Å². The third kappa shape index (κ3) is 16.2. The quantitative estimate of drug-likeness (QED) is 0.121. The molecule has 0 saturated heterocycles. The van der Waals surface area contributed by atoms with E-state index in [1.165, 1.54) is 249 Å². The van der Waals surface area contributed by atoms with Crippen molar-refractivity contribution in [2.45, 2.75) is 203 Å². The van der Waals surface area contributed by atoms with Crippen LogP contribution in [0, 0.1) is 82.0 Å². The molecule has 21 rings (SSSR count). The molecule has 6 nitrogen and oxygen atoms in total. The highest BCUT2D eigenvalue weighted by Gasteiger charge is 2.43. The summed E-state index contributed by atoms with van der Waals surface area (Å²) in [6, 6.07) is 75.9. The first-order chi connectivity index (χ1) is 56.0. The van der Waals surface area contributed by atoms with E-state index >= 15 is 0 Å². The zero-order valence-corrected chi connectivity index (χ0v) is 71.9. The van der Waals surface area contributed by atoms with Gasteiger partial charge in [-0.3, -0.25) is 0 Å². The second kappa shape index (κ2) is 32.8. The van der Waals surface area contributed by atoms with Crippen molar-refractivity contribution in [1.82, 2.24) is 0 Å². The number of furan rings is 2. The minimum Gasteiger partial charge on any atom is -0.455 e. The van der Waals surface area contributed by atoms with Crippen LogP contribution in [0.25, 0.3) is 111 Å². The van der Waals surface area contributed by atoms with Gasteiger partial charge in [0.2, 0.25) is 22.8 Å². The van der Waals surface area contributed by atoms with E-state index in [0.29, 0.717) is 22.7 Å². The Balaban J connectivity index is 0.000000111. The molecule has 7 aliphatic rings. The van der Waals surface area contributed by atoms with Crippen molar-refractivity contribution in [2.24, 2.45) is 68.6 Å². The SMILES string of the molecule is Cc1ccc2c(c1)oc1c(-c3cc(C4CCC(C)(C)CC4)cc[n+]3C)c(C)ccc12.Cc1ccc2c(c1)oc1c(-c3cc(CC4CCC(C)(C)CC4)cc[n+]3C)c(C)ccc12.Cc1ccccc1-c1cc(C2CC3CCC2C3)c(-c2ccccc2)c[n+]1C.Cc1ccccc1-c1cc(C2CC3CCC2CC3)c(-c2ccccc2)c[n+]1C. The Morgan fingerprint density at radius 2 is 0.793 bits per heavy atom. The molecule has 7 aliphatic carbocycles. The van der Waals surface area contributed by atoms with Crippen LogP contribution < -0.4 is 18.3 Å². The number of aromatic nitrogens is 4. The number of benzene rings is 8. The van der Waals surface area contributed by atoms with Gasteiger partial charge in [0.15, 0.2) is 24.8 Å². The third-order valence-electron chi connectivity index (χ3n) is 28.9. The lowest BCUT2D eigenvalue weighted by atomic mass is 9.62. The molecule has 0 spiro atoms. The van der Waals surface area contributed by atoms with E-state index in [4.69, 9.17) is 8.83 Å². The molecule has 4 bridgehead atoms. The van der Waals surface area contributed by atoms with Crippen molar-refractivity contribution < 1.29 is 27.1 Å². The normalized spacial score (nSPS) is 20.2. The van der Waals surface area contributed by atoms with Crippen molar-refractivity contribution in [3.8, 4) is 67.3 Å². The summed E-state index contributed by atoms with van der Waals surface area (Å²) in [7, 11) is 8.69. The molecular formula is C110H124N4O2+4. The van der Waals surface area contributed by atoms with Gasteiger partial charge in [0, 0.05) is 80.2 Å². The van der Waals surface area contributed by atoms with E-state index in [1.54, 1.807) is 11.1 Å². The van der Waals surface area contributed by atoms with Crippen LogP contribution in [0.4, 0.5) is 0 Å². The average molecular weight is 1530 g/mol. The van der Waals surface area contributed by atoms with E-state index in [2.05, 4.69) is 347 Å². The summed E-state index contributed by atoms with van der Waals surface area (Å²) in [5, 5.41) is 4.81. The topological polar surface area (TPSA) is 41.8 Å². The smallest absolute Gasteiger partial charge is 0.216 e. The Bertz CT molecular complexity index is 5920. The van der Waals surface area contributed by atoms with Gasteiger partial charge in [0.25, 0.3) is 0 Å².